The van der Waals surface area contributed by atoms with Gasteiger partial charge in [-0.15, -0.1) is 0 Å². The SMILES string of the molecule is O=C(CN1CC[C@@](OCl)(C(=O)Nc2ccc3[nH]nc(-c4ccc(F)cc4)c3c2)C1)N1CCC(c2ccc(-c3ncccn3)cc2)CC1. The lowest BCUT2D eigenvalue weighted by Gasteiger charge is -2.33. The van der Waals surface area contributed by atoms with Crippen molar-refractivity contribution in [2.45, 2.75) is 30.8 Å². The van der Waals surface area contributed by atoms with E-state index in [0.29, 0.717) is 49.2 Å². The van der Waals surface area contributed by atoms with Gasteiger partial charge in [-0.05, 0) is 72.9 Å². The molecule has 0 unspecified atom stereocenters. The average molecular weight is 654 g/mol. The lowest BCUT2D eigenvalue weighted by Crippen LogP contribution is -2.48. The maximum Gasteiger partial charge on any atom is 0.259 e. The van der Waals surface area contributed by atoms with Crippen molar-refractivity contribution in [2.75, 3.05) is 38.0 Å². The Morgan fingerprint density at radius 2 is 1.70 bits per heavy atom. The average Bonchev–Trinajstić information content (AvgIpc) is 3.74. The lowest BCUT2D eigenvalue weighted by molar-refractivity contribution is -0.135. The van der Waals surface area contributed by atoms with Crippen molar-refractivity contribution >= 4 is 40.3 Å². The normalized spacial score (nSPS) is 18.9. The number of H-pyrrole nitrogens is 1. The van der Waals surface area contributed by atoms with E-state index in [-0.39, 0.29) is 30.7 Å². The van der Waals surface area contributed by atoms with Gasteiger partial charge in [-0.2, -0.15) is 5.10 Å². The molecule has 0 radical (unpaired) electrons. The first-order valence-electron chi connectivity index (χ1n) is 15.6. The van der Waals surface area contributed by atoms with Crippen LogP contribution in [0.5, 0.6) is 0 Å². The Morgan fingerprint density at radius 3 is 2.43 bits per heavy atom. The van der Waals surface area contributed by atoms with E-state index in [1.54, 1.807) is 36.7 Å². The molecular formula is C35H33ClFN7O3. The fourth-order valence-electron chi connectivity index (χ4n) is 6.55. The molecule has 0 spiro atoms. The number of hydrogen-bond acceptors (Lipinski definition) is 7. The summed E-state index contributed by atoms with van der Waals surface area (Å²) in [6.45, 7) is 2.23. The van der Waals surface area contributed by atoms with E-state index in [9.17, 15) is 14.0 Å². The van der Waals surface area contributed by atoms with Gasteiger partial charge < -0.3 is 10.2 Å². The Bertz CT molecular complexity index is 1880. The molecule has 0 saturated carbocycles. The van der Waals surface area contributed by atoms with Crippen LogP contribution in [0.4, 0.5) is 10.1 Å². The molecule has 4 heterocycles. The first kappa shape index (κ1) is 30.9. The molecule has 2 N–H and O–H groups in total. The number of fused-ring (bicyclic) bond motifs is 1. The zero-order chi connectivity index (χ0) is 32.4. The fourth-order valence-corrected chi connectivity index (χ4v) is 6.74. The topological polar surface area (TPSA) is 116 Å². The van der Waals surface area contributed by atoms with Crippen molar-refractivity contribution in [1.82, 2.24) is 30.0 Å². The molecule has 2 aromatic heterocycles. The van der Waals surface area contributed by atoms with Crippen molar-refractivity contribution in [3.63, 3.8) is 0 Å². The van der Waals surface area contributed by atoms with Crippen LogP contribution in [0.15, 0.2) is 85.2 Å². The van der Waals surface area contributed by atoms with Crippen LogP contribution in [-0.2, 0) is 13.9 Å². The van der Waals surface area contributed by atoms with Crippen LogP contribution in [0.25, 0.3) is 33.5 Å². The van der Waals surface area contributed by atoms with Crippen LogP contribution in [0, 0.1) is 5.82 Å². The predicted molar refractivity (Wildman–Crippen MR) is 177 cm³/mol. The second kappa shape index (κ2) is 13.2. The highest BCUT2D eigenvalue weighted by atomic mass is 35.5. The van der Waals surface area contributed by atoms with Crippen molar-refractivity contribution in [3.8, 4) is 22.6 Å². The van der Waals surface area contributed by atoms with Gasteiger partial charge in [0.2, 0.25) is 5.91 Å². The highest BCUT2D eigenvalue weighted by Gasteiger charge is 2.47. The molecule has 2 saturated heterocycles. The summed E-state index contributed by atoms with van der Waals surface area (Å²) < 4.78 is 18.8. The van der Waals surface area contributed by atoms with Crippen LogP contribution in [-0.4, -0.2) is 80.1 Å². The second-order valence-electron chi connectivity index (χ2n) is 12.2. The van der Waals surface area contributed by atoms with Crippen LogP contribution in [0.1, 0.15) is 30.7 Å². The highest BCUT2D eigenvalue weighted by molar-refractivity contribution is 6.11. The van der Waals surface area contributed by atoms with Crippen LogP contribution < -0.4 is 5.32 Å². The van der Waals surface area contributed by atoms with Crippen LogP contribution >= 0.6 is 11.9 Å². The van der Waals surface area contributed by atoms with Gasteiger partial charge in [-0.25, -0.2) is 14.4 Å². The third kappa shape index (κ3) is 6.47. The summed E-state index contributed by atoms with van der Waals surface area (Å²) in [6.07, 6.45) is 5.58. The third-order valence-electron chi connectivity index (χ3n) is 9.22. The molecule has 2 aliphatic heterocycles. The number of hydrogen-bond donors (Lipinski definition) is 2. The molecule has 2 fully saturated rings. The van der Waals surface area contributed by atoms with Gasteiger partial charge in [0.1, 0.15) is 5.82 Å². The number of nitrogens with zero attached hydrogens (tertiary/aromatic N) is 5. The molecule has 240 valence electrons. The summed E-state index contributed by atoms with van der Waals surface area (Å²) in [5, 5.41) is 11.1. The number of aromatic nitrogens is 4. The summed E-state index contributed by atoms with van der Waals surface area (Å²) >= 11 is 5.96. The van der Waals surface area contributed by atoms with Crippen LogP contribution in [0.3, 0.4) is 0 Å². The Kier molecular flexibility index (Phi) is 8.68. The smallest absolute Gasteiger partial charge is 0.259 e. The summed E-state index contributed by atoms with van der Waals surface area (Å²) in [5.74, 6) is 0.395. The Balaban J connectivity index is 0.939. The standard InChI is InChI=1S/C35H33ClFN7O3/c36-47-35(34(46)40-28-10-11-30-29(20-28)32(42-41-30)25-6-8-27(37)9-7-25)14-19-43(22-35)21-31(45)44-17-12-24(13-18-44)23-2-4-26(5-3-23)33-38-15-1-16-39-33/h1-11,15-16,20,24H,12-14,17-19,21-22H2,(H,40,46)(H,41,42)/t35-/m0/s1. The number of aromatic amines is 1. The molecule has 10 nitrogen and oxygen atoms in total. The van der Waals surface area contributed by atoms with Gasteiger partial charge in [-0.1, -0.05) is 24.3 Å². The number of carbonyl (C=O) groups is 2. The molecular weight excluding hydrogens is 621 g/mol. The van der Waals surface area contributed by atoms with E-state index in [1.165, 1.54) is 17.7 Å². The summed E-state index contributed by atoms with van der Waals surface area (Å²) in [7, 11) is 0. The number of anilines is 1. The Labute approximate surface area is 276 Å². The lowest BCUT2D eigenvalue weighted by atomic mass is 9.89. The monoisotopic (exact) mass is 653 g/mol. The van der Waals surface area contributed by atoms with Crippen LogP contribution in [0.2, 0.25) is 0 Å². The van der Waals surface area contributed by atoms with Gasteiger partial charge in [-0.3, -0.25) is 23.9 Å². The molecule has 47 heavy (non-hydrogen) atoms. The molecule has 12 heteroatoms. The van der Waals surface area contributed by atoms with Gasteiger partial charge in [0.15, 0.2) is 11.4 Å². The fraction of sp³-hybridized carbons (Fsp3) is 0.286. The van der Waals surface area contributed by atoms with Crippen molar-refractivity contribution < 1.29 is 18.3 Å². The number of rotatable bonds is 8. The third-order valence-corrected chi connectivity index (χ3v) is 9.52. The zero-order valence-corrected chi connectivity index (χ0v) is 26.3. The van der Waals surface area contributed by atoms with Crippen molar-refractivity contribution in [2.24, 2.45) is 0 Å². The number of likely N-dealkylation sites (tertiary alicyclic amines) is 2. The quantitative estimate of drug-likeness (QED) is 0.218. The Hall–Kier alpha value is -4.71. The number of piperidine rings is 1. The number of amides is 2. The molecule has 0 bridgehead atoms. The van der Waals surface area contributed by atoms with E-state index in [0.717, 1.165) is 34.9 Å². The van der Waals surface area contributed by atoms with E-state index in [4.69, 9.17) is 16.2 Å². The van der Waals surface area contributed by atoms with Gasteiger partial charge >= 0.3 is 0 Å². The van der Waals surface area contributed by atoms with Crippen molar-refractivity contribution in [1.29, 1.82) is 0 Å². The largest absolute Gasteiger partial charge is 0.342 e. The first-order chi connectivity index (χ1) is 22.9. The minimum absolute atomic E-state index is 0.0320. The molecule has 2 amide bonds. The minimum atomic E-state index is -1.31. The van der Waals surface area contributed by atoms with E-state index < -0.39 is 5.60 Å². The summed E-state index contributed by atoms with van der Waals surface area (Å²) in [5.41, 5.74) is 3.63. The summed E-state index contributed by atoms with van der Waals surface area (Å²) in [4.78, 5) is 39.3. The maximum atomic E-state index is 13.5. The first-order valence-corrected chi connectivity index (χ1v) is 15.9. The minimum Gasteiger partial charge on any atom is -0.342 e. The van der Waals surface area contributed by atoms with E-state index in [1.807, 2.05) is 21.9 Å². The molecule has 3 aromatic carbocycles. The maximum absolute atomic E-state index is 13.5. The molecule has 0 aliphatic carbocycles. The van der Waals surface area contributed by atoms with Gasteiger partial charge in [0.25, 0.3) is 5.91 Å². The highest BCUT2D eigenvalue weighted by Crippen LogP contribution is 2.33. The molecule has 2 aliphatic rings. The second-order valence-corrected chi connectivity index (χ2v) is 12.3. The Morgan fingerprint density at radius 1 is 0.979 bits per heavy atom. The summed E-state index contributed by atoms with van der Waals surface area (Å²) in [6, 6.07) is 21.6. The number of nitrogens with one attached hydrogen (secondary N) is 2. The zero-order valence-electron chi connectivity index (χ0n) is 25.5. The number of benzene rings is 3. The van der Waals surface area contributed by atoms with E-state index in [2.05, 4.69) is 49.7 Å². The molecule has 1 atom stereocenters. The van der Waals surface area contributed by atoms with Crippen molar-refractivity contribution in [3.05, 3.63) is 96.6 Å². The number of carbonyl (C=O) groups excluding carboxylic acids is 2. The van der Waals surface area contributed by atoms with E-state index >= 15 is 0 Å². The predicted octanol–water partition coefficient (Wildman–Crippen LogP) is 5.79. The molecule has 5 aromatic rings. The van der Waals surface area contributed by atoms with Gasteiger partial charge in [0.05, 0.1) is 29.6 Å². The molecule has 7 rings (SSSR count). The number of halogens is 2. The van der Waals surface area contributed by atoms with Gasteiger partial charge in [0, 0.05) is 67.2 Å².